The minimum atomic E-state index is -0.452. The molecule has 0 saturated heterocycles. The topological polar surface area (TPSA) is 67.5 Å². The van der Waals surface area contributed by atoms with Gasteiger partial charge in [0, 0.05) is 10.9 Å². The Morgan fingerprint density at radius 3 is 2.91 bits per heavy atom. The second kappa shape index (κ2) is 6.29. The van der Waals surface area contributed by atoms with Gasteiger partial charge in [0.15, 0.2) is 10.4 Å². The van der Waals surface area contributed by atoms with Crippen molar-refractivity contribution in [2.24, 2.45) is 5.10 Å². The number of hydrazone groups is 1. The molecule has 1 aromatic carbocycles. The SMILES string of the molecule is O=C(N/N=C/c1cc2ccccc2nc1Cl)c1ccc(Br)o1. The summed E-state index contributed by atoms with van der Waals surface area (Å²) in [5, 5.41) is 5.13. The van der Waals surface area contributed by atoms with E-state index in [1.165, 1.54) is 6.21 Å². The van der Waals surface area contributed by atoms with Crippen molar-refractivity contribution in [2.75, 3.05) is 0 Å². The quantitative estimate of drug-likeness (QED) is 0.425. The van der Waals surface area contributed by atoms with Crippen molar-refractivity contribution in [3.8, 4) is 0 Å². The summed E-state index contributed by atoms with van der Waals surface area (Å²) in [6.45, 7) is 0. The fourth-order valence-electron chi connectivity index (χ4n) is 1.85. The molecule has 110 valence electrons. The lowest BCUT2D eigenvalue weighted by molar-refractivity contribution is 0.0926. The van der Waals surface area contributed by atoms with Crippen LogP contribution >= 0.6 is 27.5 Å². The van der Waals surface area contributed by atoms with Crippen molar-refractivity contribution >= 4 is 50.6 Å². The van der Waals surface area contributed by atoms with E-state index in [9.17, 15) is 4.79 Å². The van der Waals surface area contributed by atoms with Crippen molar-refractivity contribution < 1.29 is 9.21 Å². The Morgan fingerprint density at radius 2 is 2.14 bits per heavy atom. The van der Waals surface area contributed by atoms with Crippen LogP contribution in [0.5, 0.6) is 0 Å². The number of carbonyl (C=O) groups excluding carboxylic acids is 1. The van der Waals surface area contributed by atoms with Crippen LogP contribution in [-0.2, 0) is 0 Å². The van der Waals surface area contributed by atoms with Crippen LogP contribution in [0.3, 0.4) is 0 Å². The molecule has 2 aromatic heterocycles. The molecule has 0 atom stereocenters. The lowest BCUT2D eigenvalue weighted by Crippen LogP contribution is -2.16. The number of para-hydroxylation sites is 1. The lowest BCUT2D eigenvalue weighted by atomic mass is 10.2. The molecule has 1 amide bonds. The molecule has 22 heavy (non-hydrogen) atoms. The van der Waals surface area contributed by atoms with E-state index >= 15 is 0 Å². The number of hydrogen-bond donors (Lipinski definition) is 1. The standard InChI is InChI=1S/C15H9BrClN3O2/c16-13-6-5-12(22-13)15(21)20-18-8-10-7-9-3-1-2-4-11(9)19-14(10)17/h1-8H,(H,20,21)/b18-8+. The Labute approximate surface area is 139 Å². The highest BCUT2D eigenvalue weighted by atomic mass is 79.9. The summed E-state index contributed by atoms with van der Waals surface area (Å²) in [6.07, 6.45) is 1.44. The molecular formula is C15H9BrClN3O2. The highest BCUT2D eigenvalue weighted by molar-refractivity contribution is 9.10. The Bertz CT molecular complexity index is 876. The smallest absolute Gasteiger partial charge is 0.307 e. The molecule has 0 unspecified atom stereocenters. The van der Waals surface area contributed by atoms with E-state index in [4.69, 9.17) is 16.0 Å². The number of rotatable bonds is 3. The second-order valence-corrected chi connectivity index (χ2v) is 5.50. The summed E-state index contributed by atoms with van der Waals surface area (Å²) in [6, 6.07) is 12.6. The number of nitrogens with one attached hydrogen (secondary N) is 1. The average Bonchev–Trinajstić information content (AvgIpc) is 2.94. The number of carbonyl (C=O) groups is 1. The van der Waals surface area contributed by atoms with Gasteiger partial charge in [-0.2, -0.15) is 5.10 Å². The summed E-state index contributed by atoms with van der Waals surface area (Å²) in [7, 11) is 0. The summed E-state index contributed by atoms with van der Waals surface area (Å²) in [4.78, 5) is 16.0. The normalized spacial score (nSPS) is 11.2. The molecule has 0 aliphatic carbocycles. The fraction of sp³-hybridized carbons (Fsp3) is 0. The predicted octanol–water partition coefficient (Wildman–Crippen LogP) is 4.01. The third-order valence-corrected chi connectivity index (χ3v) is 3.60. The number of hydrogen-bond acceptors (Lipinski definition) is 4. The molecular weight excluding hydrogens is 370 g/mol. The molecule has 5 nitrogen and oxygen atoms in total. The van der Waals surface area contributed by atoms with Gasteiger partial charge in [-0.15, -0.1) is 0 Å². The van der Waals surface area contributed by atoms with Gasteiger partial charge in [-0.1, -0.05) is 29.8 Å². The molecule has 0 spiro atoms. The van der Waals surface area contributed by atoms with Crippen molar-refractivity contribution in [3.63, 3.8) is 0 Å². The van der Waals surface area contributed by atoms with Crippen molar-refractivity contribution in [3.05, 3.63) is 63.6 Å². The van der Waals surface area contributed by atoms with E-state index in [1.807, 2.05) is 30.3 Å². The molecule has 7 heteroatoms. The predicted molar refractivity (Wildman–Crippen MR) is 88.2 cm³/mol. The van der Waals surface area contributed by atoms with Gasteiger partial charge in [-0.25, -0.2) is 10.4 Å². The summed E-state index contributed by atoms with van der Waals surface area (Å²) < 4.78 is 5.60. The van der Waals surface area contributed by atoms with E-state index in [-0.39, 0.29) is 5.76 Å². The number of fused-ring (bicyclic) bond motifs is 1. The van der Waals surface area contributed by atoms with E-state index < -0.39 is 5.91 Å². The van der Waals surface area contributed by atoms with Crippen LogP contribution in [0.1, 0.15) is 16.1 Å². The number of amides is 1. The zero-order chi connectivity index (χ0) is 15.5. The van der Waals surface area contributed by atoms with Crippen molar-refractivity contribution in [1.82, 2.24) is 10.4 Å². The maximum Gasteiger partial charge on any atom is 0.307 e. The second-order valence-electron chi connectivity index (χ2n) is 4.36. The molecule has 0 aliphatic heterocycles. The Balaban J connectivity index is 1.77. The first kappa shape index (κ1) is 14.7. The molecule has 0 aliphatic rings. The van der Waals surface area contributed by atoms with Gasteiger partial charge in [0.1, 0.15) is 5.15 Å². The zero-order valence-electron chi connectivity index (χ0n) is 11.1. The van der Waals surface area contributed by atoms with Gasteiger partial charge in [0.05, 0.1) is 11.7 Å². The van der Waals surface area contributed by atoms with Crippen LogP contribution in [0.25, 0.3) is 10.9 Å². The lowest BCUT2D eigenvalue weighted by Gasteiger charge is -2.01. The molecule has 1 N–H and O–H groups in total. The molecule has 3 aromatic rings. The Morgan fingerprint density at radius 1 is 1.32 bits per heavy atom. The molecule has 0 saturated carbocycles. The number of benzene rings is 1. The summed E-state index contributed by atoms with van der Waals surface area (Å²) in [5.41, 5.74) is 3.78. The largest absolute Gasteiger partial charge is 0.444 e. The molecule has 3 rings (SSSR count). The first-order chi connectivity index (χ1) is 10.6. The number of nitrogens with zero attached hydrogens (tertiary/aromatic N) is 2. The van der Waals surface area contributed by atoms with Crippen LogP contribution < -0.4 is 5.43 Å². The van der Waals surface area contributed by atoms with E-state index in [0.29, 0.717) is 15.4 Å². The van der Waals surface area contributed by atoms with Crippen LogP contribution in [0, 0.1) is 0 Å². The van der Waals surface area contributed by atoms with Gasteiger partial charge < -0.3 is 4.42 Å². The van der Waals surface area contributed by atoms with Gasteiger partial charge in [-0.05, 0) is 40.2 Å². The van der Waals surface area contributed by atoms with Crippen molar-refractivity contribution in [1.29, 1.82) is 0 Å². The van der Waals surface area contributed by atoms with Crippen LogP contribution in [0.2, 0.25) is 5.15 Å². The highest BCUT2D eigenvalue weighted by Gasteiger charge is 2.09. The first-order valence-corrected chi connectivity index (χ1v) is 7.44. The maximum atomic E-state index is 11.8. The molecule has 0 radical (unpaired) electrons. The number of halogens is 2. The monoisotopic (exact) mass is 377 g/mol. The number of pyridine rings is 1. The third-order valence-electron chi connectivity index (χ3n) is 2.87. The number of furan rings is 1. The first-order valence-electron chi connectivity index (χ1n) is 6.27. The fourth-order valence-corrected chi connectivity index (χ4v) is 2.35. The van der Waals surface area contributed by atoms with Crippen LogP contribution in [-0.4, -0.2) is 17.1 Å². The Kier molecular flexibility index (Phi) is 4.22. The van der Waals surface area contributed by atoms with E-state index in [1.54, 1.807) is 12.1 Å². The van der Waals surface area contributed by atoms with Crippen molar-refractivity contribution in [2.45, 2.75) is 0 Å². The molecule has 2 heterocycles. The molecule has 0 fully saturated rings. The zero-order valence-corrected chi connectivity index (χ0v) is 13.4. The highest BCUT2D eigenvalue weighted by Crippen LogP contribution is 2.19. The average molecular weight is 379 g/mol. The van der Waals surface area contributed by atoms with E-state index in [0.717, 1.165) is 10.9 Å². The molecule has 0 bridgehead atoms. The van der Waals surface area contributed by atoms with Gasteiger partial charge in [-0.3, -0.25) is 4.79 Å². The number of aromatic nitrogens is 1. The van der Waals surface area contributed by atoms with E-state index in [2.05, 4.69) is 31.4 Å². The van der Waals surface area contributed by atoms with Gasteiger partial charge in [0.25, 0.3) is 0 Å². The van der Waals surface area contributed by atoms with Crippen LogP contribution in [0.4, 0.5) is 0 Å². The van der Waals surface area contributed by atoms with Crippen LogP contribution in [0.15, 0.2) is 56.7 Å². The third kappa shape index (κ3) is 3.18. The minimum Gasteiger partial charge on any atom is -0.444 e. The summed E-state index contributed by atoms with van der Waals surface area (Å²) in [5.74, 6) is -0.293. The summed E-state index contributed by atoms with van der Waals surface area (Å²) >= 11 is 9.23. The Hall–Kier alpha value is -2.18. The minimum absolute atomic E-state index is 0.159. The van der Waals surface area contributed by atoms with Gasteiger partial charge in [0.2, 0.25) is 0 Å². The van der Waals surface area contributed by atoms with Gasteiger partial charge >= 0.3 is 5.91 Å². The maximum absolute atomic E-state index is 11.8.